The highest BCUT2D eigenvalue weighted by Gasteiger charge is 2.15. The number of hydrogen-bond acceptors (Lipinski definition) is 5. The first kappa shape index (κ1) is 20.0. The van der Waals surface area contributed by atoms with Crippen LogP contribution in [0.2, 0.25) is 0 Å². The fourth-order valence-corrected chi connectivity index (χ4v) is 3.31. The first-order valence-corrected chi connectivity index (χ1v) is 9.33. The standard InChI is InChI=1S/C20H25NO4S/c1-5-25-16-8-6-7-15(11-16)13-21-20(22)14(2)26-17-9-10-18(23-3)19(12-17)24-4/h6-12,14H,5,13H2,1-4H3,(H,21,22)/t14-/m1/s1. The minimum Gasteiger partial charge on any atom is -0.494 e. The number of carbonyl (C=O) groups excluding carboxylic acids is 1. The fourth-order valence-electron chi connectivity index (χ4n) is 2.39. The maximum atomic E-state index is 12.4. The second-order valence-electron chi connectivity index (χ2n) is 5.58. The lowest BCUT2D eigenvalue weighted by atomic mass is 10.2. The molecule has 0 bridgehead atoms. The van der Waals surface area contributed by atoms with Gasteiger partial charge in [0, 0.05) is 11.4 Å². The highest BCUT2D eigenvalue weighted by Crippen LogP contribution is 2.33. The third kappa shape index (κ3) is 5.59. The van der Waals surface area contributed by atoms with E-state index in [4.69, 9.17) is 14.2 Å². The van der Waals surface area contributed by atoms with E-state index in [-0.39, 0.29) is 11.2 Å². The Kier molecular flexibility index (Phi) is 7.66. The van der Waals surface area contributed by atoms with E-state index in [1.165, 1.54) is 11.8 Å². The van der Waals surface area contributed by atoms with Crippen LogP contribution in [0, 0.1) is 0 Å². The van der Waals surface area contributed by atoms with Crippen molar-refractivity contribution in [3.63, 3.8) is 0 Å². The zero-order valence-corrected chi connectivity index (χ0v) is 16.4. The van der Waals surface area contributed by atoms with E-state index in [1.807, 2.05) is 56.3 Å². The van der Waals surface area contributed by atoms with Gasteiger partial charge in [-0.25, -0.2) is 0 Å². The SMILES string of the molecule is CCOc1cccc(CNC(=O)[C@@H](C)Sc2ccc(OC)c(OC)c2)c1. The highest BCUT2D eigenvalue weighted by molar-refractivity contribution is 8.00. The summed E-state index contributed by atoms with van der Waals surface area (Å²) in [5.74, 6) is 2.11. The van der Waals surface area contributed by atoms with Crippen molar-refractivity contribution in [2.24, 2.45) is 0 Å². The van der Waals surface area contributed by atoms with E-state index in [0.29, 0.717) is 24.7 Å². The molecule has 26 heavy (non-hydrogen) atoms. The lowest BCUT2D eigenvalue weighted by molar-refractivity contribution is -0.120. The van der Waals surface area contributed by atoms with Gasteiger partial charge < -0.3 is 19.5 Å². The van der Waals surface area contributed by atoms with Crippen molar-refractivity contribution in [1.29, 1.82) is 0 Å². The minimum atomic E-state index is -0.233. The normalized spacial score (nSPS) is 11.5. The van der Waals surface area contributed by atoms with Gasteiger partial charge in [-0.3, -0.25) is 4.79 Å². The quantitative estimate of drug-likeness (QED) is 0.674. The van der Waals surface area contributed by atoms with Gasteiger partial charge in [0.15, 0.2) is 11.5 Å². The molecule has 0 fully saturated rings. The minimum absolute atomic E-state index is 0.0217. The third-order valence-corrected chi connectivity index (χ3v) is 4.81. The average molecular weight is 375 g/mol. The summed E-state index contributed by atoms with van der Waals surface area (Å²) in [4.78, 5) is 13.3. The molecule has 0 aromatic heterocycles. The van der Waals surface area contributed by atoms with Crippen molar-refractivity contribution in [1.82, 2.24) is 5.32 Å². The second-order valence-corrected chi connectivity index (χ2v) is 6.99. The van der Waals surface area contributed by atoms with Gasteiger partial charge in [-0.1, -0.05) is 12.1 Å². The Hall–Kier alpha value is -2.34. The molecule has 140 valence electrons. The molecule has 0 saturated carbocycles. The summed E-state index contributed by atoms with van der Waals surface area (Å²) in [5.41, 5.74) is 1.01. The Balaban J connectivity index is 1.92. The molecule has 6 heteroatoms. The summed E-state index contributed by atoms with van der Waals surface area (Å²) in [5, 5.41) is 2.74. The molecule has 1 atom stereocenters. The predicted octanol–water partition coefficient (Wildman–Crippen LogP) is 3.90. The van der Waals surface area contributed by atoms with Gasteiger partial charge >= 0.3 is 0 Å². The molecule has 0 radical (unpaired) electrons. The molecule has 0 unspecified atom stereocenters. The molecule has 0 spiro atoms. The molecule has 2 aromatic carbocycles. The zero-order valence-electron chi connectivity index (χ0n) is 15.6. The van der Waals surface area contributed by atoms with Crippen LogP contribution >= 0.6 is 11.8 Å². The van der Waals surface area contributed by atoms with Crippen LogP contribution in [0.4, 0.5) is 0 Å². The van der Waals surface area contributed by atoms with Gasteiger partial charge in [-0.2, -0.15) is 0 Å². The van der Waals surface area contributed by atoms with Crippen LogP contribution < -0.4 is 19.5 Å². The summed E-state index contributed by atoms with van der Waals surface area (Å²) in [6, 6.07) is 13.4. The number of amides is 1. The number of rotatable bonds is 9. The lowest BCUT2D eigenvalue weighted by Crippen LogP contribution is -2.30. The number of carbonyl (C=O) groups is 1. The number of methoxy groups -OCH3 is 2. The molecule has 0 heterocycles. The third-order valence-electron chi connectivity index (χ3n) is 3.71. The maximum absolute atomic E-state index is 12.4. The topological polar surface area (TPSA) is 56.8 Å². The second kappa shape index (κ2) is 9.97. The smallest absolute Gasteiger partial charge is 0.233 e. The van der Waals surface area contributed by atoms with Crippen LogP contribution in [0.25, 0.3) is 0 Å². The Morgan fingerprint density at radius 1 is 1.12 bits per heavy atom. The zero-order chi connectivity index (χ0) is 18.9. The van der Waals surface area contributed by atoms with E-state index >= 15 is 0 Å². The predicted molar refractivity (Wildman–Crippen MR) is 104 cm³/mol. The maximum Gasteiger partial charge on any atom is 0.233 e. The Morgan fingerprint density at radius 2 is 1.88 bits per heavy atom. The van der Waals surface area contributed by atoms with Crippen LogP contribution in [-0.4, -0.2) is 32.0 Å². The van der Waals surface area contributed by atoms with Gasteiger partial charge in [-0.05, 0) is 49.7 Å². The molecule has 2 rings (SSSR count). The Labute approximate surface area is 159 Å². The van der Waals surface area contributed by atoms with Crippen molar-refractivity contribution >= 4 is 17.7 Å². The molecule has 1 amide bonds. The molecule has 1 N–H and O–H groups in total. The van der Waals surface area contributed by atoms with Gasteiger partial charge in [0.2, 0.25) is 5.91 Å². The van der Waals surface area contributed by atoms with Crippen molar-refractivity contribution in [3.05, 3.63) is 48.0 Å². The molecule has 5 nitrogen and oxygen atoms in total. The summed E-state index contributed by atoms with van der Waals surface area (Å²) in [6.07, 6.45) is 0. The summed E-state index contributed by atoms with van der Waals surface area (Å²) < 4.78 is 16.0. The number of nitrogens with one attached hydrogen (secondary N) is 1. The van der Waals surface area contributed by atoms with Crippen molar-refractivity contribution in [2.75, 3.05) is 20.8 Å². The highest BCUT2D eigenvalue weighted by atomic mass is 32.2. The molecule has 0 aliphatic rings. The Bertz CT molecular complexity index is 736. The molecular formula is C20H25NO4S. The fraction of sp³-hybridized carbons (Fsp3) is 0.350. The number of hydrogen-bond donors (Lipinski definition) is 1. The van der Waals surface area contributed by atoms with Crippen LogP contribution in [0.15, 0.2) is 47.4 Å². The van der Waals surface area contributed by atoms with E-state index in [0.717, 1.165) is 16.2 Å². The first-order chi connectivity index (χ1) is 12.6. The molecular weight excluding hydrogens is 350 g/mol. The molecule has 0 aliphatic carbocycles. The number of benzene rings is 2. The lowest BCUT2D eigenvalue weighted by Gasteiger charge is -2.14. The van der Waals surface area contributed by atoms with Crippen LogP contribution in [-0.2, 0) is 11.3 Å². The molecule has 0 aliphatic heterocycles. The van der Waals surface area contributed by atoms with Crippen LogP contribution in [0.1, 0.15) is 19.4 Å². The number of ether oxygens (including phenoxy) is 3. The average Bonchev–Trinajstić information content (AvgIpc) is 2.66. The van der Waals surface area contributed by atoms with Crippen molar-refractivity contribution in [3.8, 4) is 17.2 Å². The van der Waals surface area contributed by atoms with E-state index in [2.05, 4.69) is 5.32 Å². The van der Waals surface area contributed by atoms with Crippen LogP contribution in [0.3, 0.4) is 0 Å². The first-order valence-electron chi connectivity index (χ1n) is 8.45. The summed E-state index contributed by atoms with van der Waals surface area (Å²) in [7, 11) is 3.19. The van der Waals surface area contributed by atoms with Gasteiger partial charge in [-0.15, -0.1) is 11.8 Å². The number of thioether (sulfide) groups is 1. The molecule has 2 aromatic rings. The van der Waals surface area contributed by atoms with E-state index in [9.17, 15) is 4.79 Å². The molecule has 0 saturated heterocycles. The Morgan fingerprint density at radius 3 is 2.58 bits per heavy atom. The largest absolute Gasteiger partial charge is 0.494 e. The van der Waals surface area contributed by atoms with E-state index < -0.39 is 0 Å². The monoisotopic (exact) mass is 375 g/mol. The summed E-state index contributed by atoms with van der Waals surface area (Å²) >= 11 is 1.47. The summed E-state index contributed by atoms with van der Waals surface area (Å²) in [6.45, 7) is 4.92. The van der Waals surface area contributed by atoms with E-state index in [1.54, 1.807) is 14.2 Å². The van der Waals surface area contributed by atoms with Gasteiger partial charge in [0.25, 0.3) is 0 Å². The van der Waals surface area contributed by atoms with Crippen LogP contribution in [0.5, 0.6) is 17.2 Å². The van der Waals surface area contributed by atoms with Gasteiger partial charge in [0.05, 0.1) is 26.1 Å². The van der Waals surface area contributed by atoms with Gasteiger partial charge in [0.1, 0.15) is 5.75 Å². The van der Waals surface area contributed by atoms with Crippen molar-refractivity contribution in [2.45, 2.75) is 30.5 Å². The van der Waals surface area contributed by atoms with Crippen molar-refractivity contribution < 1.29 is 19.0 Å².